The van der Waals surface area contributed by atoms with Crippen molar-refractivity contribution >= 4 is 52.0 Å². The van der Waals surface area contributed by atoms with Crippen LogP contribution >= 0.6 is 22.9 Å². The second-order valence-electron chi connectivity index (χ2n) is 6.05. The summed E-state index contributed by atoms with van der Waals surface area (Å²) < 4.78 is 19.9. The van der Waals surface area contributed by atoms with Crippen molar-refractivity contribution < 1.29 is 23.5 Å². The number of carbonyl (C=O) groups excluding carboxylic acids is 3. The number of nitrogens with zero attached hydrogens (tertiary/aromatic N) is 1. The van der Waals surface area contributed by atoms with Gasteiger partial charge in [-0.3, -0.25) is 14.4 Å². The standard InChI is InChI=1S/C18H17ClFN3O4S/c1-10(21-18(26)14-4-5-15(19)28-14)17(25)22-11-2-3-13(12(20)8-11)23-6-7-27-9-16(23)24/h2-5,8,10H,6-7,9H2,1H3,(H,21,26)(H,22,25)/t10-/m1/s1. The lowest BCUT2D eigenvalue weighted by molar-refractivity contribution is -0.125. The van der Waals surface area contributed by atoms with E-state index in [4.69, 9.17) is 16.3 Å². The fraction of sp³-hybridized carbons (Fsp3) is 0.278. The number of carbonyl (C=O) groups is 3. The zero-order valence-electron chi connectivity index (χ0n) is 14.8. The van der Waals surface area contributed by atoms with Gasteiger partial charge in [-0.05, 0) is 37.3 Å². The van der Waals surface area contributed by atoms with Crippen molar-refractivity contribution in [2.24, 2.45) is 0 Å². The molecule has 0 aliphatic carbocycles. The summed E-state index contributed by atoms with van der Waals surface area (Å²) in [5.41, 5.74) is 0.342. The van der Waals surface area contributed by atoms with Gasteiger partial charge in [-0.1, -0.05) is 11.6 Å². The third-order valence-electron chi connectivity index (χ3n) is 4.03. The Morgan fingerprint density at radius 2 is 2.11 bits per heavy atom. The summed E-state index contributed by atoms with van der Waals surface area (Å²) >= 11 is 6.90. The van der Waals surface area contributed by atoms with Crippen molar-refractivity contribution in [3.05, 3.63) is 45.4 Å². The number of nitrogens with one attached hydrogen (secondary N) is 2. The molecular formula is C18H17ClFN3O4S. The zero-order valence-corrected chi connectivity index (χ0v) is 16.4. The number of hydrogen-bond acceptors (Lipinski definition) is 5. The highest BCUT2D eigenvalue weighted by Gasteiger charge is 2.23. The minimum Gasteiger partial charge on any atom is -0.370 e. The van der Waals surface area contributed by atoms with E-state index in [1.54, 1.807) is 12.1 Å². The van der Waals surface area contributed by atoms with Gasteiger partial charge in [0.1, 0.15) is 18.5 Å². The van der Waals surface area contributed by atoms with Crippen LogP contribution in [0.1, 0.15) is 16.6 Å². The molecule has 1 saturated heterocycles. The highest BCUT2D eigenvalue weighted by atomic mass is 35.5. The Hall–Kier alpha value is -2.49. The average Bonchev–Trinajstić information content (AvgIpc) is 3.09. The Morgan fingerprint density at radius 1 is 1.32 bits per heavy atom. The topological polar surface area (TPSA) is 87.7 Å². The third kappa shape index (κ3) is 4.67. The van der Waals surface area contributed by atoms with Gasteiger partial charge in [-0.25, -0.2) is 4.39 Å². The van der Waals surface area contributed by atoms with Crippen LogP contribution in [0.5, 0.6) is 0 Å². The van der Waals surface area contributed by atoms with Crippen LogP contribution in [0.25, 0.3) is 0 Å². The molecule has 1 aromatic heterocycles. The molecule has 3 amide bonds. The first kappa shape index (κ1) is 20.2. The molecule has 1 aliphatic heterocycles. The maximum absolute atomic E-state index is 14.4. The molecule has 0 radical (unpaired) electrons. The first-order chi connectivity index (χ1) is 13.3. The highest BCUT2D eigenvalue weighted by molar-refractivity contribution is 7.18. The Kier molecular flexibility index (Phi) is 6.28. The van der Waals surface area contributed by atoms with Gasteiger partial charge in [0.2, 0.25) is 5.91 Å². The molecule has 10 heteroatoms. The largest absolute Gasteiger partial charge is 0.370 e. The van der Waals surface area contributed by atoms with Gasteiger partial charge in [-0.15, -0.1) is 11.3 Å². The lowest BCUT2D eigenvalue weighted by Crippen LogP contribution is -2.42. The molecule has 28 heavy (non-hydrogen) atoms. The molecule has 0 saturated carbocycles. The van der Waals surface area contributed by atoms with Crippen molar-refractivity contribution in [1.82, 2.24) is 5.32 Å². The predicted molar refractivity (Wildman–Crippen MR) is 104 cm³/mol. The number of halogens is 2. The van der Waals surface area contributed by atoms with Crippen LogP contribution < -0.4 is 15.5 Å². The molecule has 0 unspecified atom stereocenters. The summed E-state index contributed by atoms with van der Waals surface area (Å²) in [6, 6.07) is 6.35. The van der Waals surface area contributed by atoms with E-state index in [1.165, 1.54) is 24.0 Å². The first-order valence-electron chi connectivity index (χ1n) is 8.40. The van der Waals surface area contributed by atoms with E-state index in [1.807, 2.05) is 0 Å². The Morgan fingerprint density at radius 3 is 2.75 bits per heavy atom. The van der Waals surface area contributed by atoms with Gasteiger partial charge in [0.15, 0.2) is 0 Å². The summed E-state index contributed by atoms with van der Waals surface area (Å²) in [6.07, 6.45) is 0. The molecule has 1 aliphatic rings. The number of ether oxygens (including phenoxy) is 1. The van der Waals surface area contributed by atoms with Crippen molar-refractivity contribution in [2.75, 3.05) is 30.0 Å². The third-order valence-corrected chi connectivity index (χ3v) is 5.26. The summed E-state index contributed by atoms with van der Waals surface area (Å²) in [6.45, 7) is 2.01. The molecule has 1 aromatic carbocycles. The summed E-state index contributed by atoms with van der Waals surface area (Å²) in [5.74, 6) is -1.90. The average molecular weight is 426 g/mol. The van der Waals surface area contributed by atoms with Crippen LogP contribution in [-0.4, -0.2) is 43.5 Å². The molecule has 0 spiro atoms. The van der Waals surface area contributed by atoms with Gasteiger partial charge in [0, 0.05) is 12.2 Å². The van der Waals surface area contributed by atoms with Crippen LogP contribution in [0.2, 0.25) is 4.34 Å². The van der Waals surface area contributed by atoms with E-state index < -0.39 is 23.7 Å². The number of benzene rings is 1. The minimum atomic E-state index is -0.850. The van der Waals surface area contributed by atoms with Gasteiger partial charge in [-0.2, -0.15) is 0 Å². The Labute approximate surface area is 169 Å². The Balaban J connectivity index is 1.62. The van der Waals surface area contributed by atoms with Gasteiger partial charge < -0.3 is 20.3 Å². The molecule has 3 rings (SSSR count). The predicted octanol–water partition coefficient (Wildman–Crippen LogP) is 2.66. The number of hydrogen-bond donors (Lipinski definition) is 2. The van der Waals surface area contributed by atoms with Gasteiger partial charge >= 0.3 is 0 Å². The maximum Gasteiger partial charge on any atom is 0.262 e. The molecule has 148 valence electrons. The lowest BCUT2D eigenvalue weighted by atomic mass is 10.2. The van der Waals surface area contributed by atoms with Crippen molar-refractivity contribution in [3.8, 4) is 0 Å². The summed E-state index contributed by atoms with van der Waals surface area (Å²) in [4.78, 5) is 37.9. The molecule has 7 nitrogen and oxygen atoms in total. The zero-order chi connectivity index (χ0) is 20.3. The van der Waals surface area contributed by atoms with E-state index in [0.29, 0.717) is 15.8 Å². The maximum atomic E-state index is 14.4. The summed E-state index contributed by atoms with van der Waals surface area (Å²) in [5, 5.41) is 5.09. The second kappa shape index (κ2) is 8.68. The van der Waals surface area contributed by atoms with Crippen LogP contribution in [0.3, 0.4) is 0 Å². The smallest absolute Gasteiger partial charge is 0.262 e. The normalized spacial score (nSPS) is 15.2. The monoisotopic (exact) mass is 425 g/mol. The van der Waals surface area contributed by atoms with E-state index in [0.717, 1.165) is 17.4 Å². The minimum absolute atomic E-state index is 0.0927. The number of rotatable bonds is 5. The van der Waals surface area contributed by atoms with Crippen LogP contribution in [0, 0.1) is 5.82 Å². The van der Waals surface area contributed by atoms with E-state index in [2.05, 4.69) is 10.6 Å². The lowest BCUT2D eigenvalue weighted by Gasteiger charge is -2.27. The number of anilines is 2. The Bertz CT molecular complexity index is 920. The molecule has 0 bridgehead atoms. The van der Waals surface area contributed by atoms with Gasteiger partial charge in [0.05, 0.1) is 21.5 Å². The molecule has 2 N–H and O–H groups in total. The SMILES string of the molecule is C[C@@H](NC(=O)c1ccc(Cl)s1)C(=O)Nc1ccc(N2CCOCC2=O)c(F)c1. The van der Waals surface area contributed by atoms with Gasteiger partial charge in [0.25, 0.3) is 11.8 Å². The molecule has 1 fully saturated rings. The highest BCUT2D eigenvalue weighted by Crippen LogP contribution is 2.24. The van der Waals surface area contributed by atoms with Crippen molar-refractivity contribution in [1.29, 1.82) is 0 Å². The molecule has 2 heterocycles. The fourth-order valence-corrected chi connectivity index (χ4v) is 3.54. The fourth-order valence-electron chi connectivity index (χ4n) is 2.60. The number of morpholine rings is 1. The van der Waals surface area contributed by atoms with E-state index in [9.17, 15) is 18.8 Å². The first-order valence-corrected chi connectivity index (χ1v) is 9.59. The molecule has 2 aromatic rings. The van der Waals surface area contributed by atoms with Crippen molar-refractivity contribution in [2.45, 2.75) is 13.0 Å². The van der Waals surface area contributed by atoms with Crippen LogP contribution in [0.4, 0.5) is 15.8 Å². The molecular weight excluding hydrogens is 409 g/mol. The molecule has 1 atom stereocenters. The van der Waals surface area contributed by atoms with Crippen LogP contribution in [0.15, 0.2) is 30.3 Å². The number of amides is 3. The van der Waals surface area contributed by atoms with Crippen molar-refractivity contribution in [3.63, 3.8) is 0 Å². The number of thiophene rings is 1. The van der Waals surface area contributed by atoms with E-state index in [-0.39, 0.29) is 30.4 Å². The van der Waals surface area contributed by atoms with Crippen LogP contribution in [-0.2, 0) is 14.3 Å². The quantitative estimate of drug-likeness (QED) is 0.771. The van der Waals surface area contributed by atoms with E-state index >= 15 is 0 Å². The second-order valence-corrected chi connectivity index (χ2v) is 7.77. The summed E-state index contributed by atoms with van der Waals surface area (Å²) in [7, 11) is 0.